The molecule has 24 heavy (non-hydrogen) atoms. The van der Waals surface area contributed by atoms with Crippen LogP contribution in [0, 0.1) is 0 Å². The van der Waals surface area contributed by atoms with Gasteiger partial charge >= 0.3 is 0 Å². The Hall–Kier alpha value is -2.19. The van der Waals surface area contributed by atoms with Crippen molar-refractivity contribution in [2.24, 2.45) is 0 Å². The maximum absolute atomic E-state index is 10.8. The van der Waals surface area contributed by atoms with Crippen LogP contribution >= 0.6 is 11.3 Å². The molecule has 0 spiro atoms. The molecule has 1 aromatic heterocycles. The molecule has 0 fully saturated rings. The van der Waals surface area contributed by atoms with Gasteiger partial charge in [0.05, 0.1) is 4.88 Å². The van der Waals surface area contributed by atoms with Crippen LogP contribution in [-0.2, 0) is 0 Å². The fourth-order valence-electron chi connectivity index (χ4n) is 2.23. The molecule has 0 atom stereocenters. The molecule has 2 heteroatoms. The highest BCUT2D eigenvalue weighted by Gasteiger charge is 2.06. The average molecular weight is 339 g/mol. The number of carbonyl (C=O) groups excluding carboxylic acids is 1. The molecule has 0 unspecified atom stereocenters. The van der Waals surface area contributed by atoms with Crippen LogP contribution in [0.3, 0.4) is 0 Å². The second-order valence-corrected chi connectivity index (χ2v) is 5.69. The fraction of sp³-hybridized carbons (Fsp3) is 0.227. The number of benzene rings is 1. The van der Waals surface area contributed by atoms with Crippen molar-refractivity contribution in [2.45, 2.75) is 34.1 Å². The van der Waals surface area contributed by atoms with E-state index in [2.05, 4.69) is 48.6 Å². The molecule has 0 saturated heterocycles. The standard InChI is InChI=1S/C18H14OS.2C2H6/c19-13-17-11-12-18(20-17)16-8-4-7-15(9-10-16)14-5-2-1-3-6-14;2*1-2/h1-3,5-13H,4H2;2*1-2H3. The van der Waals surface area contributed by atoms with Crippen LogP contribution < -0.4 is 0 Å². The van der Waals surface area contributed by atoms with Crippen molar-refractivity contribution < 1.29 is 4.79 Å². The molecule has 126 valence electrons. The van der Waals surface area contributed by atoms with Gasteiger partial charge in [0.2, 0.25) is 0 Å². The Labute approximate surface area is 150 Å². The molecule has 0 radical (unpaired) electrons. The van der Waals surface area contributed by atoms with Crippen LogP contribution in [0.1, 0.15) is 54.2 Å². The third-order valence-corrected chi connectivity index (χ3v) is 4.31. The Bertz CT molecular complexity index is 703. The zero-order chi connectivity index (χ0) is 17.8. The smallest absolute Gasteiger partial charge is 0.160 e. The molecule has 3 rings (SSSR count). The summed E-state index contributed by atoms with van der Waals surface area (Å²) in [4.78, 5) is 12.7. The normalized spacial score (nSPS) is 12.5. The summed E-state index contributed by atoms with van der Waals surface area (Å²) in [5, 5.41) is 0. The third kappa shape index (κ3) is 5.47. The maximum Gasteiger partial charge on any atom is 0.160 e. The van der Waals surface area contributed by atoms with Crippen molar-refractivity contribution in [2.75, 3.05) is 0 Å². The highest BCUT2D eigenvalue weighted by molar-refractivity contribution is 7.14. The van der Waals surface area contributed by atoms with Crippen molar-refractivity contribution in [3.8, 4) is 0 Å². The van der Waals surface area contributed by atoms with Crippen molar-refractivity contribution >= 4 is 28.8 Å². The monoisotopic (exact) mass is 338 g/mol. The van der Waals surface area contributed by atoms with Gasteiger partial charge in [-0.1, -0.05) is 82.3 Å². The van der Waals surface area contributed by atoms with Gasteiger partial charge in [-0.05, 0) is 35.3 Å². The molecule has 0 aliphatic heterocycles. The van der Waals surface area contributed by atoms with Crippen LogP contribution in [0.25, 0.3) is 11.1 Å². The number of aldehydes is 1. The molecule has 1 heterocycles. The Morgan fingerprint density at radius 2 is 1.46 bits per heavy atom. The second-order valence-electron chi connectivity index (χ2n) is 4.57. The molecule has 2 aromatic rings. The lowest BCUT2D eigenvalue weighted by Crippen LogP contribution is -1.78. The van der Waals surface area contributed by atoms with E-state index in [-0.39, 0.29) is 0 Å². The lowest BCUT2D eigenvalue weighted by molar-refractivity contribution is 0.112. The van der Waals surface area contributed by atoms with Crippen LogP contribution in [0.5, 0.6) is 0 Å². The van der Waals surface area contributed by atoms with E-state index in [1.54, 1.807) is 0 Å². The van der Waals surface area contributed by atoms with E-state index in [1.165, 1.54) is 28.0 Å². The van der Waals surface area contributed by atoms with Crippen molar-refractivity contribution in [1.29, 1.82) is 0 Å². The molecule has 0 bridgehead atoms. The summed E-state index contributed by atoms with van der Waals surface area (Å²) >= 11 is 1.53. The predicted molar refractivity (Wildman–Crippen MR) is 109 cm³/mol. The largest absolute Gasteiger partial charge is 0.297 e. The minimum absolute atomic E-state index is 0.773. The summed E-state index contributed by atoms with van der Waals surface area (Å²) in [7, 11) is 0. The quantitative estimate of drug-likeness (QED) is 0.548. The molecule has 0 amide bonds. The van der Waals surface area contributed by atoms with E-state index >= 15 is 0 Å². The molecule has 1 nitrogen and oxygen atoms in total. The number of carbonyl (C=O) groups is 1. The fourth-order valence-corrected chi connectivity index (χ4v) is 3.07. The first kappa shape index (κ1) is 19.9. The molecule has 1 aliphatic rings. The number of rotatable bonds is 3. The van der Waals surface area contributed by atoms with Gasteiger partial charge in [0.1, 0.15) is 0 Å². The average Bonchev–Trinajstić information content (AvgIpc) is 3.02. The van der Waals surface area contributed by atoms with Gasteiger partial charge in [0.25, 0.3) is 0 Å². The number of hydrogen-bond donors (Lipinski definition) is 0. The first-order valence-corrected chi connectivity index (χ1v) is 9.38. The van der Waals surface area contributed by atoms with Crippen LogP contribution in [0.15, 0.2) is 66.8 Å². The highest BCUT2D eigenvalue weighted by Crippen LogP contribution is 2.28. The first-order chi connectivity index (χ1) is 11.9. The summed E-state index contributed by atoms with van der Waals surface area (Å²) in [6.45, 7) is 8.00. The number of hydrogen-bond acceptors (Lipinski definition) is 2. The van der Waals surface area contributed by atoms with Crippen molar-refractivity contribution in [3.05, 3.63) is 82.1 Å². The van der Waals surface area contributed by atoms with E-state index in [1.807, 2.05) is 45.9 Å². The van der Waals surface area contributed by atoms with Gasteiger partial charge in [-0.2, -0.15) is 0 Å². The highest BCUT2D eigenvalue weighted by atomic mass is 32.1. The van der Waals surface area contributed by atoms with E-state index in [0.29, 0.717) is 0 Å². The van der Waals surface area contributed by atoms with Crippen LogP contribution in [-0.4, -0.2) is 6.29 Å². The lowest BCUT2D eigenvalue weighted by atomic mass is 10.1. The summed E-state index contributed by atoms with van der Waals surface area (Å²) in [6, 6.07) is 14.3. The van der Waals surface area contributed by atoms with Crippen molar-refractivity contribution in [1.82, 2.24) is 0 Å². The summed E-state index contributed by atoms with van der Waals surface area (Å²) in [6.07, 6.45) is 10.5. The Balaban J connectivity index is 0.000000671. The lowest BCUT2D eigenvalue weighted by Gasteiger charge is -2.00. The van der Waals surface area contributed by atoms with Gasteiger partial charge in [0.15, 0.2) is 6.29 Å². The number of thiophene rings is 1. The first-order valence-electron chi connectivity index (χ1n) is 8.56. The second kappa shape index (κ2) is 11.4. The van der Waals surface area contributed by atoms with Crippen LogP contribution in [0.2, 0.25) is 0 Å². The Morgan fingerprint density at radius 1 is 0.833 bits per heavy atom. The summed E-state index contributed by atoms with van der Waals surface area (Å²) in [5.41, 5.74) is 3.66. The van der Waals surface area contributed by atoms with Gasteiger partial charge in [-0.15, -0.1) is 11.3 Å². The molecular weight excluding hydrogens is 312 g/mol. The van der Waals surface area contributed by atoms with E-state index in [9.17, 15) is 4.79 Å². The molecule has 1 aliphatic carbocycles. The Morgan fingerprint density at radius 3 is 2.08 bits per heavy atom. The molecule has 0 N–H and O–H groups in total. The van der Waals surface area contributed by atoms with Gasteiger partial charge in [0, 0.05) is 4.88 Å². The predicted octanol–water partition coefficient (Wildman–Crippen LogP) is 7.04. The minimum Gasteiger partial charge on any atom is -0.297 e. The third-order valence-electron chi connectivity index (χ3n) is 3.25. The Kier molecular flexibility index (Phi) is 9.40. The SMILES string of the molecule is CC.CC.O=Cc1ccc(C2=CCC=C(c3ccccc3)C=C2)s1. The van der Waals surface area contributed by atoms with Crippen molar-refractivity contribution in [3.63, 3.8) is 0 Å². The zero-order valence-corrected chi connectivity index (χ0v) is 15.8. The maximum atomic E-state index is 10.8. The topological polar surface area (TPSA) is 17.1 Å². The number of allylic oxidation sites excluding steroid dienone is 6. The van der Waals surface area contributed by atoms with Crippen LogP contribution in [0.4, 0.5) is 0 Å². The van der Waals surface area contributed by atoms with E-state index in [0.717, 1.165) is 22.5 Å². The van der Waals surface area contributed by atoms with E-state index in [4.69, 9.17) is 0 Å². The molecule has 1 aromatic carbocycles. The van der Waals surface area contributed by atoms with Gasteiger partial charge in [-0.3, -0.25) is 4.79 Å². The van der Waals surface area contributed by atoms with Gasteiger partial charge in [-0.25, -0.2) is 0 Å². The summed E-state index contributed by atoms with van der Waals surface area (Å²) < 4.78 is 0. The minimum atomic E-state index is 0.773. The zero-order valence-electron chi connectivity index (χ0n) is 15.0. The van der Waals surface area contributed by atoms with Gasteiger partial charge < -0.3 is 0 Å². The molecular formula is C22H26OS. The molecule has 0 saturated carbocycles. The summed E-state index contributed by atoms with van der Waals surface area (Å²) in [5.74, 6) is 0. The van der Waals surface area contributed by atoms with E-state index < -0.39 is 0 Å².